The highest BCUT2D eigenvalue weighted by Gasteiger charge is 2.22. The average Bonchev–Trinajstić information content (AvgIpc) is 3.48. The van der Waals surface area contributed by atoms with Crippen LogP contribution in [0, 0.1) is 6.92 Å². The molecule has 4 aromatic rings. The summed E-state index contributed by atoms with van der Waals surface area (Å²) in [6.45, 7) is 2.62. The first-order valence-electron chi connectivity index (χ1n) is 11.8. The molecule has 1 aromatic carbocycles. The van der Waals surface area contributed by atoms with Gasteiger partial charge in [-0.2, -0.15) is 0 Å². The highest BCUT2D eigenvalue weighted by molar-refractivity contribution is 7.22. The molecular formula is C26H28N4O3S2. The van der Waals surface area contributed by atoms with Crippen molar-refractivity contribution in [1.29, 1.82) is 0 Å². The number of carbonyl (C=O) groups excluding carboxylic acids is 1. The maximum Gasteiger partial charge on any atom is 0.251 e. The highest BCUT2D eigenvalue weighted by Crippen LogP contribution is 2.39. The number of aryl methyl sites for hydroxylation is 1. The molecule has 0 aliphatic heterocycles. The van der Waals surface area contributed by atoms with Gasteiger partial charge in [-0.25, -0.2) is 9.97 Å². The number of aliphatic hydroxyl groups excluding tert-OH is 1. The third kappa shape index (κ3) is 5.32. The Labute approximate surface area is 212 Å². The molecule has 0 saturated heterocycles. The fraction of sp³-hybridized carbons (Fsp3) is 0.346. The lowest BCUT2D eigenvalue weighted by Crippen LogP contribution is -2.28. The first kappa shape index (κ1) is 23.7. The summed E-state index contributed by atoms with van der Waals surface area (Å²) in [5.74, 6) is 1.09. The summed E-state index contributed by atoms with van der Waals surface area (Å²) < 4.78 is 6.76. The minimum atomic E-state index is -0.483. The van der Waals surface area contributed by atoms with E-state index < -0.39 is 5.91 Å². The van der Waals surface area contributed by atoms with Crippen molar-refractivity contribution >= 4 is 44.5 Å². The van der Waals surface area contributed by atoms with Crippen LogP contribution in [0.25, 0.3) is 20.5 Å². The largest absolute Gasteiger partial charge is 0.493 e. The number of carbonyl (C=O) groups is 1. The molecule has 0 radical (unpaired) electrons. The molecule has 0 spiro atoms. The minimum absolute atomic E-state index is 0.213. The molecule has 4 N–H and O–H groups in total. The van der Waals surface area contributed by atoms with Crippen molar-refractivity contribution in [2.75, 3.05) is 11.9 Å². The molecule has 0 atom stereocenters. The molecule has 1 saturated carbocycles. The van der Waals surface area contributed by atoms with E-state index in [4.69, 9.17) is 10.5 Å². The number of aliphatic hydroxyl groups is 1. The minimum Gasteiger partial charge on any atom is -0.493 e. The van der Waals surface area contributed by atoms with Crippen molar-refractivity contribution in [3.63, 3.8) is 0 Å². The molecule has 1 amide bonds. The van der Waals surface area contributed by atoms with Crippen LogP contribution in [-0.4, -0.2) is 39.7 Å². The van der Waals surface area contributed by atoms with Gasteiger partial charge in [-0.3, -0.25) is 4.79 Å². The van der Waals surface area contributed by atoms with E-state index in [0.717, 1.165) is 69.9 Å². The van der Waals surface area contributed by atoms with Gasteiger partial charge in [0, 0.05) is 33.8 Å². The molecule has 3 aromatic heterocycles. The lowest BCUT2D eigenvalue weighted by Gasteiger charge is -2.26. The maximum atomic E-state index is 12.1. The standard InChI is InChI=1S/C26H28N4O3S2/c1-15-22(34-14-29-15)10-11-33-19-8-2-16(3-9-19)23-12-20-24(35-23)21(25(27)32)13-28-26(20)30-17-4-6-18(31)7-5-17/h2-3,8-9,12-14,17-18,31H,4-7,10-11H2,1H3,(H2,27,32)(H,28,30)/t17-,18-. The number of anilines is 1. The SMILES string of the molecule is Cc1ncsc1CCOc1ccc(-c2cc3c(N[C@H]4CC[C@H](O)CC4)ncc(C(N)=O)c3s2)cc1. The number of nitrogens with two attached hydrogens (primary N) is 1. The van der Waals surface area contributed by atoms with Crippen LogP contribution in [0.15, 0.2) is 42.0 Å². The first-order chi connectivity index (χ1) is 17.0. The number of nitrogens with zero attached hydrogens (tertiary/aromatic N) is 2. The molecule has 3 heterocycles. The van der Waals surface area contributed by atoms with Gasteiger partial charge in [0.05, 0.1) is 34.2 Å². The number of pyridine rings is 1. The van der Waals surface area contributed by atoms with Gasteiger partial charge >= 0.3 is 0 Å². The molecule has 5 rings (SSSR count). The van der Waals surface area contributed by atoms with Gasteiger partial charge < -0.3 is 20.9 Å². The number of rotatable bonds is 8. The molecule has 0 bridgehead atoms. The van der Waals surface area contributed by atoms with E-state index in [2.05, 4.69) is 21.4 Å². The zero-order valence-electron chi connectivity index (χ0n) is 19.5. The predicted molar refractivity (Wildman–Crippen MR) is 142 cm³/mol. The second-order valence-electron chi connectivity index (χ2n) is 8.87. The van der Waals surface area contributed by atoms with E-state index >= 15 is 0 Å². The monoisotopic (exact) mass is 508 g/mol. The molecular weight excluding hydrogens is 480 g/mol. The molecule has 1 aliphatic carbocycles. The van der Waals surface area contributed by atoms with Crippen molar-refractivity contribution in [2.45, 2.75) is 51.2 Å². The van der Waals surface area contributed by atoms with Crippen molar-refractivity contribution in [1.82, 2.24) is 9.97 Å². The van der Waals surface area contributed by atoms with E-state index in [1.54, 1.807) is 17.5 Å². The van der Waals surface area contributed by atoms with Crippen LogP contribution in [0.4, 0.5) is 5.82 Å². The van der Waals surface area contributed by atoms with Crippen LogP contribution in [0.3, 0.4) is 0 Å². The van der Waals surface area contributed by atoms with Crippen molar-refractivity contribution in [2.24, 2.45) is 5.73 Å². The van der Waals surface area contributed by atoms with E-state index in [0.29, 0.717) is 12.2 Å². The van der Waals surface area contributed by atoms with Gasteiger partial charge in [-0.05, 0) is 68.5 Å². The smallest absolute Gasteiger partial charge is 0.251 e. The fourth-order valence-electron chi connectivity index (χ4n) is 4.41. The van der Waals surface area contributed by atoms with Crippen LogP contribution in [0.1, 0.15) is 46.6 Å². The number of ether oxygens (including phenoxy) is 1. The van der Waals surface area contributed by atoms with E-state index in [9.17, 15) is 9.90 Å². The predicted octanol–water partition coefficient (Wildman–Crippen LogP) is 5.16. The topological polar surface area (TPSA) is 110 Å². The Morgan fingerprint density at radius 3 is 2.66 bits per heavy atom. The zero-order chi connectivity index (χ0) is 24.4. The van der Waals surface area contributed by atoms with Crippen LogP contribution in [0.5, 0.6) is 5.75 Å². The second-order valence-corrected chi connectivity index (χ2v) is 10.9. The van der Waals surface area contributed by atoms with Crippen molar-refractivity contribution in [3.8, 4) is 16.2 Å². The van der Waals surface area contributed by atoms with Crippen LogP contribution >= 0.6 is 22.7 Å². The number of fused-ring (bicyclic) bond motifs is 1. The maximum absolute atomic E-state index is 12.1. The number of amides is 1. The third-order valence-corrected chi connectivity index (χ3v) is 8.65. The van der Waals surface area contributed by atoms with Crippen molar-refractivity contribution < 1.29 is 14.6 Å². The first-order valence-corrected chi connectivity index (χ1v) is 13.5. The number of benzene rings is 1. The lowest BCUT2D eigenvalue weighted by molar-refractivity contribution is 0.100. The molecule has 182 valence electrons. The molecule has 7 nitrogen and oxygen atoms in total. The molecule has 9 heteroatoms. The summed E-state index contributed by atoms with van der Waals surface area (Å²) in [4.78, 5) is 23.2. The average molecular weight is 509 g/mol. The lowest BCUT2D eigenvalue weighted by atomic mass is 9.93. The third-order valence-electron chi connectivity index (χ3n) is 6.44. The number of hydrogen-bond acceptors (Lipinski definition) is 8. The molecule has 1 fully saturated rings. The van der Waals surface area contributed by atoms with Gasteiger partial charge in [0.2, 0.25) is 0 Å². The van der Waals surface area contributed by atoms with Gasteiger partial charge in [-0.1, -0.05) is 0 Å². The quantitative estimate of drug-likeness (QED) is 0.303. The highest BCUT2D eigenvalue weighted by atomic mass is 32.1. The number of aromatic nitrogens is 2. The van der Waals surface area contributed by atoms with E-state index in [1.807, 2.05) is 36.7 Å². The van der Waals surface area contributed by atoms with E-state index in [-0.39, 0.29) is 12.1 Å². The van der Waals surface area contributed by atoms with Gasteiger partial charge in [0.1, 0.15) is 11.6 Å². The molecule has 35 heavy (non-hydrogen) atoms. The number of hydrogen-bond donors (Lipinski definition) is 3. The van der Waals surface area contributed by atoms with Crippen LogP contribution in [-0.2, 0) is 6.42 Å². The Morgan fingerprint density at radius 1 is 1.20 bits per heavy atom. The number of nitrogens with one attached hydrogen (secondary N) is 1. The number of thiophene rings is 1. The summed E-state index contributed by atoms with van der Waals surface area (Å²) in [6.07, 6.45) is 5.54. The fourth-order valence-corrected chi connectivity index (χ4v) is 6.36. The second kappa shape index (κ2) is 10.3. The van der Waals surface area contributed by atoms with Gasteiger partial charge in [0.15, 0.2) is 0 Å². The van der Waals surface area contributed by atoms with E-state index in [1.165, 1.54) is 16.2 Å². The zero-order valence-corrected chi connectivity index (χ0v) is 21.1. The summed E-state index contributed by atoms with van der Waals surface area (Å²) in [5, 5.41) is 14.2. The Kier molecular flexibility index (Phi) is 6.99. The Hall–Kier alpha value is -3.01. The van der Waals surface area contributed by atoms with Gasteiger partial charge in [0.25, 0.3) is 5.91 Å². The Bertz CT molecular complexity index is 1320. The molecule has 0 unspecified atom stereocenters. The summed E-state index contributed by atoms with van der Waals surface area (Å²) >= 11 is 3.20. The van der Waals surface area contributed by atoms with Crippen molar-refractivity contribution in [3.05, 3.63) is 58.2 Å². The van der Waals surface area contributed by atoms with Crippen LogP contribution < -0.4 is 15.8 Å². The Morgan fingerprint density at radius 2 is 1.97 bits per heavy atom. The summed E-state index contributed by atoms with van der Waals surface area (Å²) in [6, 6.07) is 10.3. The molecule has 1 aliphatic rings. The van der Waals surface area contributed by atoms with Gasteiger partial charge in [-0.15, -0.1) is 22.7 Å². The number of thiazole rings is 1. The van der Waals surface area contributed by atoms with Crippen LogP contribution in [0.2, 0.25) is 0 Å². The summed E-state index contributed by atoms with van der Waals surface area (Å²) in [5.41, 5.74) is 10.1. The number of primary amides is 1. The summed E-state index contributed by atoms with van der Waals surface area (Å²) in [7, 11) is 0. The Balaban J connectivity index is 1.35. The normalized spacial score (nSPS) is 18.0.